The SMILES string of the molecule is CCOP(=O)(O)C(N=[N+]=[N-])c1ccc(Br)cc1. The first-order valence-corrected chi connectivity index (χ1v) is 7.22. The van der Waals surface area contributed by atoms with Gasteiger partial charge in [-0.2, -0.15) is 0 Å². The Hall–Kier alpha value is -0.840. The van der Waals surface area contributed by atoms with E-state index in [1.54, 1.807) is 31.2 Å². The lowest BCUT2D eigenvalue weighted by molar-refractivity contribution is 0.265. The van der Waals surface area contributed by atoms with Gasteiger partial charge in [-0.25, -0.2) is 0 Å². The van der Waals surface area contributed by atoms with E-state index in [0.29, 0.717) is 5.56 Å². The van der Waals surface area contributed by atoms with Crippen LogP contribution in [0.4, 0.5) is 0 Å². The molecule has 0 amide bonds. The minimum atomic E-state index is -3.99. The topological polar surface area (TPSA) is 95.3 Å². The standard InChI is InChI=1S/C9H11BrN3O3P/c1-2-16-17(14,15)9(12-13-11)7-3-5-8(10)6-4-7/h3-6,9H,2H2,1H3,(H,14,15). The zero-order valence-electron chi connectivity index (χ0n) is 9.02. The quantitative estimate of drug-likeness (QED) is 0.385. The Morgan fingerprint density at radius 2 is 2.18 bits per heavy atom. The monoisotopic (exact) mass is 319 g/mol. The van der Waals surface area contributed by atoms with E-state index in [1.165, 1.54) is 0 Å². The first-order chi connectivity index (χ1) is 8.01. The van der Waals surface area contributed by atoms with Gasteiger partial charge in [0.1, 0.15) is 0 Å². The molecule has 0 spiro atoms. The maximum absolute atomic E-state index is 11.8. The normalized spacial score (nSPS) is 15.7. The lowest BCUT2D eigenvalue weighted by Crippen LogP contribution is -2.00. The van der Waals surface area contributed by atoms with E-state index in [1.807, 2.05) is 0 Å². The second-order valence-corrected chi connectivity index (χ2v) is 5.90. The largest absolute Gasteiger partial charge is 0.341 e. The Labute approximate surface area is 107 Å². The molecule has 0 radical (unpaired) electrons. The molecule has 0 aromatic heterocycles. The van der Waals surface area contributed by atoms with Crippen LogP contribution < -0.4 is 0 Å². The van der Waals surface area contributed by atoms with Gasteiger partial charge < -0.3 is 9.42 Å². The Balaban J connectivity index is 3.13. The second kappa shape index (κ2) is 6.19. The van der Waals surface area contributed by atoms with Crippen molar-refractivity contribution in [1.82, 2.24) is 0 Å². The van der Waals surface area contributed by atoms with Crippen LogP contribution in [-0.2, 0) is 9.09 Å². The molecule has 0 fully saturated rings. The van der Waals surface area contributed by atoms with Crippen LogP contribution in [0.25, 0.3) is 10.4 Å². The fourth-order valence-electron chi connectivity index (χ4n) is 1.26. The summed E-state index contributed by atoms with van der Waals surface area (Å²) in [4.78, 5) is 12.3. The first-order valence-electron chi connectivity index (χ1n) is 4.78. The summed E-state index contributed by atoms with van der Waals surface area (Å²) in [5.41, 5.74) is 8.88. The molecule has 1 aromatic carbocycles. The molecule has 17 heavy (non-hydrogen) atoms. The summed E-state index contributed by atoms with van der Waals surface area (Å²) in [6.45, 7) is 1.67. The van der Waals surface area contributed by atoms with Crippen LogP contribution in [0.3, 0.4) is 0 Å². The highest BCUT2D eigenvalue weighted by Gasteiger charge is 2.32. The van der Waals surface area contributed by atoms with Crippen molar-refractivity contribution < 1.29 is 14.0 Å². The van der Waals surface area contributed by atoms with Crippen molar-refractivity contribution in [1.29, 1.82) is 0 Å². The van der Waals surface area contributed by atoms with Crippen molar-refractivity contribution in [3.05, 3.63) is 44.7 Å². The third-order valence-corrected chi connectivity index (χ3v) is 4.13. The molecule has 0 heterocycles. The van der Waals surface area contributed by atoms with E-state index in [0.717, 1.165) is 4.47 Å². The van der Waals surface area contributed by atoms with Gasteiger partial charge >= 0.3 is 7.60 Å². The first kappa shape index (κ1) is 14.2. The summed E-state index contributed by atoms with van der Waals surface area (Å²) < 4.78 is 17.4. The average Bonchev–Trinajstić information content (AvgIpc) is 2.27. The second-order valence-electron chi connectivity index (χ2n) is 3.11. The molecule has 0 bridgehead atoms. The summed E-state index contributed by atoms with van der Waals surface area (Å²) in [6.07, 6.45) is 0. The van der Waals surface area contributed by atoms with E-state index in [-0.39, 0.29) is 6.61 Å². The van der Waals surface area contributed by atoms with E-state index >= 15 is 0 Å². The van der Waals surface area contributed by atoms with Gasteiger partial charge in [-0.15, -0.1) is 0 Å². The van der Waals surface area contributed by atoms with Crippen molar-refractivity contribution in [2.24, 2.45) is 5.11 Å². The number of nitrogens with zero attached hydrogens (tertiary/aromatic N) is 3. The predicted octanol–water partition coefficient (Wildman–Crippen LogP) is 3.98. The minimum Gasteiger partial charge on any atom is -0.324 e. The smallest absolute Gasteiger partial charge is 0.324 e. The summed E-state index contributed by atoms with van der Waals surface area (Å²) in [5, 5.41) is 3.34. The summed E-state index contributed by atoms with van der Waals surface area (Å²) in [5.74, 6) is -1.22. The minimum absolute atomic E-state index is 0.0712. The third kappa shape index (κ3) is 3.84. The fraction of sp³-hybridized carbons (Fsp3) is 0.333. The van der Waals surface area contributed by atoms with Gasteiger partial charge in [-0.1, -0.05) is 33.2 Å². The van der Waals surface area contributed by atoms with Crippen LogP contribution in [-0.4, -0.2) is 11.5 Å². The summed E-state index contributed by atoms with van der Waals surface area (Å²) in [7, 11) is -3.99. The maximum Gasteiger partial charge on any atom is 0.341 e. The molecule has 2 unspecified atom stereocenters. The van der Waals surface area contributed by atoms with Gasteiger partial charge in [0.15, 0.2) is 5.78 Å². The molecule has 0 saturated heterocycles. The predicted molar refractivity (Wildman–Crippen MR) is 67.5 cm³/mol. The highest BCUT2D eigenvalue weighted by atomic mass is 79.9. The highest BCUT2D eigenvalue weighted by Crippen LogP contribution is 2.57. The zero-order valence-corrected chi connectivity index (χ0v) is 11.5. The van der Waals surface area contributed by atoms with Crippen molar-refractivity contribution in [2.45, 2.75) is 12.7 Å². The van der Waals surface area contributed by atoms with Gasteiger partial charge in [0.25, 0.3) is 0 Å². The molecule has 1 aromatic rings. The van der Waals surface area contributed by atoms with Crippen molar-refractivity contribution >= 4 is 23.5 Å². The Morgan fingerprint density at radius 3 is 2.65 bits per heavy atom. The molecule has 1 N–H and O–H groups in total. The Morgan fingerprint density at radius 1 is 1.59 bits per heavy atom. The molecule has 0 aliphatic heterocycles. The molecule has 92 valence electrons. The van der Waals surface area contributed by atoms with Crippen LogP contribution >= 0.6 is 23.5 Å². The van der Waals surface area contributed by atoms with Crippen LogP contribution in [0.5, 0.6) is 0 Å². The number of benzene rings is 1. The number of halogens is 1. The highest BCUT2D eigenvalue weighted by molar-refractivity contribution is 9.10. The lowest BCUT2D eigenvalue weighted by atomic mass is 10.2. The number of rotatable bonds is 5. The molecule has 8 heteroatoms. The third-order valence-electron chi connectivity index (χ3n) is 1.95. The zero-order chi connectivity index (χ0) is 12.9. The molecule has 0 aliphatic rings. The van der Waals surface area contributed by atoms with Crippen LogP contribution in [0.1, 0.15) is 18.3 Å². The van der Waals surface area contributed by atoms with E-state index < -0.39 is 13.4 Å². The Kier molecular flexibility index (Phi) is 5.18. The molecular weight excluding hydrogens is 309 g/mol. The number of hydrogen-bond acceptors (Lipinski definition) is 3. The van der Waals surface area contributed by atoms with E-state index in [9.17, 15) is 9.46 Å². The van der Waals surface area contributed by atoms with Crippen molar-refractivity contribution in [3.63, 3.8) is 0 Å². The van der Waals surface area contributed by atoms with Gasteiger partial charge in [0.05, 0.1) is 6.61 Å². The fourth-order valence-corrected chi connectivity index (χ4v) is 2.76. The van der Waals surface area contributed by atoms with E-state index in [2.05, 4.69) is 26.0 Å². The van der Waals surface area contributed by atoms with Gasteiger partial charge in [-0.05, 0) is 30.2 Å². The van der Waals surface area contributed by atoms with Crippen molar-refractivity contribution in [2.75, 3.05) is 6.61 Å². The molecule has 0 saturated carbocycles. The maximum atomic E-state index is 11.8. The molecule has 6 nitrogen and oxygen atoms in total. The Bertz CT molecular complexity index is 473. The average molecular weight is 320 g/mol. The van der Waals surface area contributed by atoms with Crippen LogP contribution in [0, 0.1) is 0 Å². The van der Waals surface area contributed by atoms with E-state index in [4.69, 9.17) is 10.1 Å². The number of azide groups is 1. The summed E-state index contributed by atoms with van der Waals surface area (Å²) in [6, 6.07) is 6.60. The molecule has 1 rings (SSSR count). The van der Waals surface area contributed by atoms with Gasteiger partial charge in [0.2, 0.25) is 0 Å². The summed E-state index contributed by atoms with van der Waals surface area (Å²) >= 11 is 3.25. The lowest BCUT2D eigenvalue weighted by Gasteiger charge is -2.18. The number of hydrogen-bond donors (Lipinski definition) is 1. The van der Waals surface area contributed by atoms with Crippen LogP contribution in [0.15, 0.2) is 33.9 Å². The van der Waals surface area contributed by atoms with Gasteiger partial charge in [0, 0.05) is 9.38 Å². The van der Waals surface area contributed by atoms with Crippen molar-refractivity contribution in [3.8, 4) is 0 Å². The molecule has 0 aliphatic carbocycles. The van der Waals surface area contributed by atoms with Crippen LogP contribution in [0.2, 0.25) is 0 Å². The molecular formula is C9H11BrN3O3P. The van der Waals surface area contributed by atoms with Gasteiger partial charge in [-0.3, -0.25) is 4.57 Å². The molecule has 2 atom stereocenters.